The van der Waals surface area contributed by atoms with Crippen molar-refractivity contribution in [3.8, 4) is 16.9 Å². The van der Waals surface area contributed by atoms with Gasteiger partial charge >= 0.3 is 5.97 Å². The molecule has 0 bridgehead atoms. The van der Waals surface area contributed by atoms with Gasteiger partial charge in [0.2, 0.25) is 5.95 Å². The van der Waals surface area contributed by atoms with Crippen LogP contribution in [0.1, 0.15) is 5.56 Å². The minimum absolute atomic E-state index is 0.0296. The summed E-state index contributed by atoms with van der Waals surface area (Å²) in [7, 11) is 0. The molecule has 0 spiro atoms. The molecule has 10 heteroatoms. The minimum atomic E-state index is -1.04. The number of hydrogen-bond donors (Lipinski definition) is 2. The maximum atomic E-state index is 13.5. The van der Waals surface area contributed by atoms with Crippen LogP contribution < -0.4 is 5.32 Å². The van der Waals surface area contributed by atoms with Crippen LogP contribution in [0, 0.1) is 5.82 Å². The van der Waals surface area contributed by atoms with Crippen molar-refractivity contribution >= 4 is 46.3 Å². The first-order chi connectivity index (χ1) is 17.0. The molecule has 0 saturated heterocycles. The highest BCUT2D eigenvalue weighted by Crippen LogP contribution is 2.28. The highest BCUT2D eigenvalue weighted by Gasteiger charge is 2.15. The summed E-state index contributed by atoms with van der Waals surface area (Å²) >= 11 is 5.90. The van der Waals surface area contributed by atoms with Gasteiger partial charge in [0.1, 0.15) is 16.9 Å². The van der Waals surface area contributed by atoms with Crippen LogP contribution in [0.15, 0.2) is 79.0 Å². The van der Waals surface area contributed by atoms with Gasteiger partial charge in [-0.15, -0.1) is 15.0 Å². The predicted octanol–water partition coefficient (Wildman–Crippen LogP) is 5.51. The highest BCUT2D eigenvalue weighted by atomic mass is 35.5. The molecule has 0 saturated carbocycles. The molecule has 8 nitrogen and oxygen atoms in total. The highest BCUT2D eigenvalue weighted by molar-refractivity contribution is 6.31. The molecule has 0 amide bonds. The summed E-state index contributed by atoms with van der Waals surface area (Å²) in [5.41, 5.74) is 3.95. The zero-order valence-corrected chi connectivity index (χ0v) is 18.7. The Kier molecular flexibility index (Phi) is 5.90. The molecule has 0 atom stereocenters. The molecule has 2 N–H and O–H groups in total. The van der Waals surface area contributed by atoms with Crippen LogP contribution in [0.4, 0.5) is 16.0 Å². The lowest BCUT2D eigenvalue weighted by molar-refractivity contribution is -0.131. The molecule has 0 fully saturated rings. The fourth-order valence-electron chi connectivity index (χ4n) is 3.42. The van der Waals surface area contributed by atoms with E-state index < -0.39 is 11.8 Å². The van der Waals surface area contributed by atoms with E-state index in [9.17, 15) is 9.18 Å². The van der Waals surface area contributed by atoms with Gasteiger partial charge in [-0.2, -0.15) is 4.98 Å². The number of nitrogens with one attached hydrogen (secondary N) is 1. The number of fused-ring (bicyclic) bond motifs is 1. The van der Waals surface area contributed by atoms with Gasteiger partial charge in [-0.25, -0.2) is 14.2 Å². The normalized spacial score (nSPS) is 11.3. The van der Waals surface area contributed by atoms with Gasteiger partial charge in [0.05, 0.1) is 5.02 Å². The van der Waals surface area contributed by atoms with E-state index in [1.54, 1.807) is 18.3 Å². The van der Waals surface area contributed by atoms with Crippen molar-refractivity contribution in [2.45, 2.75) is 0 Å². The van der Waals surface area contributed by atoms with Gasteiger partial charge in [-0.1, -0.05) is 41.9 Å². The van der Waals surface area contributed by atoms with E-state index in [0.29, 0.717) is 33.7 Å². The van der Waals surface area contributed by atoms with E-state index >= 15 is 0 Å². The van der Waals surface area contributed by atoms with E-state index in [2.05, 4.69) is 25.5 Å². The second-order valence-corrected chi connectivity index (χ2v) is 7.87. The molecule has 3 aromatic carbocycles. The number of rotatable bonds is 6. The number of anilines is 2. The summed E-state index contributed by atoms with van der Waals surface area (Å²) < 4.78 is 13.5. The van der Waals surface area contributed by atoms with Crippen LogP contribution in [0.5, 0.6) is 0 Å². The van der Waals surface area contributed by atoms with Crippen molar-refractivity contribution in [1.29, 1.82) is 0 Å². The maximum Gasteiger partial charge on any atom is 0.328 e. The molecule has 2 heterocycles. The molecule has 35 heavy (non-hydrogen) atoms. The van der Waals surface area contributed by atoms with Gasteiger partial charge in [0.15, 0.2) is 5.82 Å². The van der Waals surface area contributed by atoms with E-state index in [4.69, 9.17) is 16.7 Å². The van der Waals surface area contributed by atoms with Gasteiger partial charge in [-0.3, -0.25) is 0 Å². The molecule has 0 aliphatic rings. The summed E-state index contributed by atoms with van der Waals surface area (Å²) in [5, 5.41) is 21.0. The summed E-state index contributed by atoms with van der Waals surface area (Å²) in [6.45, 7) is 0. The molecule has 0 unspecified atom stereocenters. The Bertz CT molecular complexity index is 1570. The zero-order chi connectivity index (χ0) is 24.4. The van der Waals surface area contributed by atoms with Crippen molar-refractivity contribution in [1.82, 2.24) is 25.0 Å². The minimum Gasteiger partial charge on any atom is -0.478 e. The standard InChI is InChI=1S/C25H16ClFN6O2/c26-19-13-17(9-10-20(19)27)29-25-28-14-18(16-5-3-4-15(12-16)8-11-23(34)35)24(30-25)33-31-21-6-1-2-7-22(21)32-33/h1-14H,(H,34,35)(H,28,29,30)/b11-8+. The molecular formula is C25H16ClFN6O2. The van der Waals surface area contributed by atoms with Crippen LogP contribution in [-0.2, 0) is 4.79 Å². The van der Waals surface area contributed by atoms with E-state index in [-0.39, 0.29) is 11.0 Å². The molecule has 0 aliphatic heterocycles. The predicted molar refractivity (Wildman–Crippen MR) is 131 cm³/mol. The third-order valence-electron chi connectivity index (χ3n) is 5.04. The summed E-state index contributed by atoms with van der Waals surface area (Å²) in [6, 6.07) is 18.9. The number of nitrogens with zero attached hydrogens (tertiary/aromatic N) is 5. The lowest BCUT2D eigenvalue weighted by atomic mass is 10.0. The Morgan fingerprint density at radius 2 is 1.80 bits per heavy atom. The molecule has 0 radical (unpaired) electrons. The fourth-order valence-corrected chi connectivity index (χ4v) is 3.60. The second kappa shape index (κ2) is 9.32. The Balaban J connectivity index is 1.61. The molecule has 2 aromatic heterocycles. The monoisotopic (exact) mass is 486 g/mol. The Hall–Kier alpha value is -4.63. The number of benzene rings is 3. The van der Waals surface area contributed by atoms with Gasteiger partial charge in [0, 0.05) is 23.5 Å². The SMILES string of the molecule is O=C(O)/C=C/c1cccc(-c2cnc(Nc3ccc(F)c(Cl)c3)nc2-n2nc3ccccc3n2)c1. The summed E-state index contributed by atoms with van der Waals surface area (Å²) in [5.74, 6) is -0.942. The number of carbonyl (C=O) groups is 1. The molecular weight excluding hydrogens is 471 g/mol. The van der Waals surface area contributed by atoms with Gasteiger partial charge < -0.3 is 10.4 Å². The second-order valence-electron chi connectivity index (χ2n) is 7.46. The van der Waals surface area contributed by atoms with Gasteiger partial charge in [-0.05, 0) is 53.6 Å². The average molecular weight is 487 g/mol. The third kappa shape index (κ3) is 4.85. The lowest BCUT2D eigenvalue weighted by Crippen LogP contribution is -2.08. The number of carboxylic acids is 1. The van der Waals surface area contributed by atoms with E-state index in [1.807, 2.05) is 36.4 Å². The summed E-state index contributed by atoms with van der Waals surface area (Å²) in [4.78, 5) is 21.4. The van der Waals surface area contributed by atoms with Crippen LogP contribution in [0.25, 0.3) is 34.1 Å². The largest absolute Gasteiger partial charge is 0.478 e. The first kappa shape index (κ1) is 22.2. The third-order valence-corrected chi connectivity index (χ3v) is 5.33. The number of aromatic nitrogens is 5. The van der Waals surface area contributed by atoms with Crippen LogP contribution in [-0.4, -0.2) is 36.0 Å². The quantitative estimate of drug-likeness (QED) is 0.305. The Morgan fingerprint density at radius 1 is 1.03 bits per heavy atom. The first-order valence-electron chi connectivity index (χ1n) is 10.4. The van der Waals surface area contributed by atoms with Crippen LogP contribution in [0.3, 0.4) is 0 Å². The maximum absolute atomic E-state index is 13.5. The van der Waals surface area contributed by atoms with Crippen molar-refractivity contribution < 1.29 is 14.3 Å². The molecule has 0 aliphatic carbocycles. The van der Waals surface area contributed by atoms with Crippen LogP contribution >= 0.6 is 11.6 Å². The van der Waals surface area contributed by atoms with Crippen molar-refractivity contribution in [2.75, 3.05) is 5.32 Å². The molecule has 5 rings (SSSR count). The fraction of sp³-hybridized carbons (Fsp3) is 0. The Morgan fingerprint density at radius 3 is 2.51 bits per heavy atom. The topological polar surface area (TPSA) is 106 Å². The van der Waals surface area contributed by atoms with Crippen LogP contribution in [0.2, 0.25) is 5.02 Å². The van der Waals surface area contributed by atoms with Crippen molar-refractivity contribution in [3.05, 3.63) is 95.4 Å². The van der Waals surface area contributed by atoms with E-state index in [0.717, 1.165) is 11.6 Å². The zero-order valence-electron chi connectivity index (χ0n) is 17.9. The first-order valence-corrected chi connectivity index (χ1v) is 10.8. The molecule has 5 aromatic rings. The number of hydrogen-bond acceptors (Lipinski definition) is 6. The smallest absolute Gasteiger partial charge is 0.328 e. The van der Waals surface area contributed by atoms with Crippen molar-refractivity contribution in [3.63, 3.8) is 0 Å². The average Bonchev–Trinajstić information content (AvgIpc) is 3.29. The Labute approximate surface area is 203 Å². The lowest BCUT2D eigenvalue weighted by Gasteiger charge is -2.11. The summed E-state index contributed by atoms with van der Waals surface area (Å²) in [6.07, 6.45) is 4.18. The van der Waals surface area contributed by atoms with E-state index in [1.165, 1.54) is 29.1 Å². The number of halogens is 2. The number of carboxylic acid groups (broad SMARTS) is 1. The number of aliphatic carboxylic acids is 1. The van der Waals surface area contributed by atoms with Gasteiger partial charge in [0.25, 0.3) is 0 Å². The molecule has 172 valence electrons. The van der Waals surface area contributed by atoms with Crippen molar-refractivity contribution in [2.24, 2.45) is 0 Å².